The molecule has 0 bridgehead atoms. The lowest BCUT2D eigenvalue weighted by Gasteiger charge is -1.89. The van der Waals surface area contributed by atoms with Crippen LogP contribution in [0, 0.1) is 18.8 Å². The Morgan fingerprint density at radius 2 is 2.38 bits per heavy atom. The fourth-order valence-corrected chi connectivity index (χ4v) is 1.16. The van der Waals surface area contributed by atoms with Gasteiger partial charge in [-0.05, 0) is 19.8 Å². The highest BCUT2D eigenvalue weighted by atomic mass is 32.1. The summed E-state index contributed by atoms with van der Waals surface area (Å²) >= 11 is 1.34. The number of aryl methyl sites for hydroxylation is 1. The van der Waals surface area contributed by atoms with Crippen LogP contribution >= 0.6 is 11.3 Å². The number of aromatic nitrogens is 2. The predicted octanol–water partition coefficient (Wildman–Crippen LogP) is 0.761. The molecule has 1 aromatic rings. The summed E-state index contributed by atoms with van der Waals surface area (Å²) < 4.78 is 4.61. The van der Waals surface area contributed by atoms with E-state index in [0.29, 0.717) is 11.6 Å². The lowest BCUT2D eigenvalue weighted by atomic mass is 10.6. The maximum Gasteiger partial charge on any atom is 0.384 e. The Balaban J connectivity index is 2.62. The average molecular weight is 196 g/mol. The molecule has 0 unspecified atom stereocenters. The van der Waals surface area contributed by atoms with Crippen LogP contribution in [0.4, 0.5) is 0 Å². The lowest BCUT2D eigenvalue weighted by molar-refractivity contribution is -0.136. The van der Waals surface area contributed by atoms with E-state index in [4.69, 9.17) is 0 Å². The summed E-state index contributed by atoms with van der Waals surface area (Å²) in [5.41, 5.74) is 0. The largest absolute Gasteiger partial charge is 0.456 e. The first-order valence-corrected chi connectivity index (χ1v) is 4.53. The van der Waals surface area contributed by atoms with Gasteiger partial charge in [-0.2, -0.15) is 0 Å². The minimum Gasteiger partial charge on any atom is -0.456 e. The van der Waals surface area contributed by atoms with Crippen LogP contribution in [-0.2, 0) is 9.53 Å². The molecule has 13 heavy (non-hydrogen) atoms. The fourth-order valence-electron chi connectivity index (χ4n) is 0.619. The van der Waals surface area contributed by atoms with E-state index in [1.807, 2.05) is 6.92 Å². The summed E-state index contributed by atoms with van der Waals surface area (Å²) in [5, 5.41) is 8.85. The molecule has 5 heteroatoms. The molecule has 1 rings (SSSR count). The summed E-state index contributed by atoms with van der Waals surface area (Å²) in [6, 6.07) is 0. The number of ether oxygens (including phenoxy) is 1. The normalized spacial score (nSPS) is 8.77. The molecule has 0 amide bonds. The highest BCUT2D eigenvalue weighted by Crippen LogP contribution is 2.05. The minimum absolute atomic E-state index is 0.336. The molecule has 4 nitrogen and oxygen atoms in total. The van der Waals surface area contributed by atoms with Gasteiger partial charge < -0.3 is 4.74 Å². The molecule has 0 spiro atoms. The Morgan fingerprint density at radius 3 is 2.92 bits per heavy atom. The zero-order valence-corrected chi connectivity index (χ0v) is 8.14. The van der Waals surface area contributed by atoms with Crippen LogP contribution in [0.5, 0.6) is 0 Å². The van der Waals surface area contributed by atoms with Crippen LogP contribution in [0.15, 0.2) is 0 Å². The molecule has 0 N–H and O–H groups in total. The average Bonchev–Trinajstić information content (AvgIpc) is 2.49. The smallest absolute Gasteiger partial charge is 0.384 e. The van der Waals surface area contributed by atoms with Crippen molar-refractivity contribution in [2.45, 2.75) is 13.8 Å². The standard InChI is InChI=1S/C8H8N2O2S/c1-3-12-8(11)5-4-7-10-9-6(2)13-7/h3H2,1-2H3. The molecule has 0 aliphatic carbocycles. The third kappa shape index (κ3) is 3.22. The highest BCUT2D eigenvalue weighted by Gasteiger charge is 1.96. The molecular weight excluding hydrogens is 188 g/mol. The van der Waals surface area contributed by atoms with E-state index in [0.717, 1.165) is 5.01 Å². The molecular formula is C8H8N2O2S. The predicted molar refractivity (Wildman–Crippen MR) is 48.2 cm³/mol. The number of hydrogen-bond acceptors (Lipinski definition) is 5. The van der Waals surface area contributed by atoms with Gasteiger partial charge in [-0.1, -0.05) is 11.3 Å². The van der Waals surface area contributed by atoms with Crippen molar-refractivity contribution in [2.24, 2.45) is 0 Å². The number of carbonyl (C=O) groups is 1. The monoisotopic (exact) mass is 196 g/mol. The van der Waals surface area contributed by atoms with Crippen molar-refractivity contribution in [1.29, 1.82) is 0 Å². The number of rotatable bonds is 1. The van der Waals surface area contributed by atoms with Crippen LogP contribution in [0.1, 0.15) is 16.9 Å². The van der Waals surface area contributed by atoms with Crippen LogP contribution in [-0.4, -0.2) is 22.8 Å². The van der Waals surface area contributed by atoms with Gasteiger partial charge in [-0.3, -0.25) is 0 Å². The van der Waals surface area contributed by atoms with Crippen molar-refractivity contribution >= 4 is 17.3 Å². The van der Waals surface area contributed by atoms with Crippen molar-refractivity contribution in [3.8, 4) is 11.8 Å². The van der Waals surface area contributed by atoms with Gasteiger partial charge in [-0.15, -0.1) is 10.2 Å². The van der Waals surface area contributed by atoms with E-state index >= 15 is 0 Å². The van der Waals surface area contributed by atoms with Gasteiger partial charge >= 0.3 is 5.97 Å². The van der Waals surface area contributed by atoms with Crippen molar-refractivity contribution in [3.05, 3.63) is 10.0 Å². The van der Waals surface area contributed by atoms with Crippen molar-refractivity contribution in [3.63, 3.8) is 0 Å². The van der Waals surface area contributed by atoms with E-state index in [1.165, 1.54) is 11.3 Å². The van der Waals surface area contributed by atoms with Gasteiger partial charge in [0.1, 0.15) is 5.01 Å². The molecule has 0 atom stereocenters. The van der Waals surface area contributed by atoms with Gasteiger partial charge in [0.25, 0.3) is 0 Å². The van der Waals surface area contributed by atoms with Crippen LogP contribution in [0.2, 0.25) is 0 Å². The summed E-state index contributed by atoms with van der Waals surface area (Å²) in [4.78, 5) is 10.8. The lowest BCUT2D eigenvalue weighted by Crippen LogP contribution is -1.99. The van der Waals surface area contributed by atoms with E-state index in [-0.39, 0.29) is 0 Å². The Morgan fingerprint density at radius 1 is 1.62 bits per heavy atom. The van der Waals surface area contributed by atoms with Crippen LogP contribution < -0.4 is 0 Å². The summed E-state index contributed by atoms with van der Waals surface area (Å²) in [7, 11) is 0. The topological polar surface area (TPSA) is 52.1 Å². The molecule has 1 aromatic heterocycles. The first-order valence-electron chi connectivity index (χ1n) is 3.71. The van der Waals surface area contributed by atoms with Gasteiger partial charge in [0.2, 0.25) is 0 Å². The number of esters is 1. The zero-order valence-electron chi connectivity index (χ0n) is 7.33. The summed E-state index contributed by atoms with van der Waals surface area (Å²) in [6.45, 7) is 3.89. The van der Waals surface area contributed by atoms with Gasteiger partial charge in [-0.25, -0.2) is 4.79 Å². The first kappa shape index (κ1) is 9.68. The quantitative estimate of drug-likeness (QED) is 0.491. The van der Waals surface area contributed by atoms with E-state index in [2.05, 4.69) is 26.8 Å². The van der Waals surface area contributed by atoms with Crippen molar-refractivity contribution < 1.29 is 9.53 Å². The highest BCUT2D eigenvalue weighted by molar-refractivity contribution is 7.11. The second-order valence-electron chi connectivity index (χ2n) is 2.10. The molecule has 0 aromatic carbocycles. The van der Waals surface area contributed by atoms with Gasteiger partial charge in [0.15, 0.2) is 5.01 Å². The summed E-state index contributed by atoms with van der Waals surface area (Å²) in [6.07, 6.45) is 0. The van der Waals surface area contributed by atoms with Crippen LogP contribution in [0.3, 0.4) is 0 Å². The Bertz CT molecular complexity index is 362. The SMILES string of the molecule is CCOC(=O)C#Cc1nnc(C)s1. The molecule has 0 aliphatic rings. The molecule has 0 saturated carbocycles. The maximum absolute atomic E-state index is 10.8. The second-order valence-corrected chi connectivity index (χ2v) is 3.28. The first-order chi connectivity index (χ1) is 6.22. The van der Waals surface area contributed by atoms with E-state index in [9.17, 15) is 4.79 Å². The number of carbonyl (C=O) groups excluding carboxylic acids is 1. The van der Waals surface area contributed by atoms with E-state index in [1.54, 1.807) is 6.92 Å². The van der Waals surface area contributed by atoms with Gasteiger partial charge in [0.05, 0.1) is 6.61 Å². The molecule has 0 saturated heterocycles. The minimum atomic E-state index is -0.532. The van der Waals surface area contributed by atoms with Crippen molar-refractivity contribution in [1.82, 2.24) is 10.2 Å². The Labute approximate surface area is 79.9 Å². The Hall–Kier alpha value is -1.41. The Kier molecular flexibility index (Phi) is 3.41. The summed E-state index contributed by atoms with van der Waals surface area (Å²) in [5.74, 6) is 4.35. The number of hydrogen-bond donors (Lipinski definition) is 0. The van der Waals surface area contributed by atoms with Crippen molar-refractivity contribution in [2.75, 3.05) is 6.61 Å². The second kappa shape index (κ2) is 4.58. The maximum atomic E-state index is 10.8. The molecule has 0 fully saturated rings. The molecule has 0 radical (unpaired) electrons. The zero-order chi connectivity index (χ0) is 9.68. The molecule has 68 valence electrons. The van der Waals surface area contributed by atoms with E-state index < -0.39 is 5.97 Å². The third-order valence-electron chi connectivity index (χ3n) is 1.07. The molecule has 0 aliphatic heterocycles. The third-order valence-corrected chi connectivity index (χ3v) is 1.83. The van der Waals surface area contributed by atoms with Crippen LogP contribution in [0.25, 0.3) is 0 Å². The fraction of sp³-hybridized carbons (Fsp3) is 0.375. The van der Waals surface area contributed by atoms with Gasteiger partial charge in [0, 0.05) is 5.92 Å². The number of nitrogens with zero attached hydrogens (tertiary/aromatic N) is 2. The molecule has 1 heterocycles.